The van der Waals surface area contributed by atoms with Crippen LogP contribution < -0.4 is 5.32 Å². The normalized spacial score (nSPS) is 17.1. The number of amides is 1. The van der Waals surface area contributed by atoms with Crippen LogP contribution in [0.1, 0.15) is 49.5 Å². The first-order chi connectivity index (χ1) is 8.86. The summed E-state index contributed by atoms with van der Waals surface area (Å²) >= 11 is 3.52. The molecule has 1 amide bonds. The first kappa shape index (κ1) is 14.6. The van der Waals surface area contributed by atoms with Crippen LogP contribution in [0.2, 0.25) is 0 Å². The molecule has 2 rings (SSSR count). The van der Waals surface area contributed by atoms with Crippen molar-refractivity contribution in [1.82, 2.24) is 5.32 Å². The average molecular weight is 324 g/mol. The second kappa shape index (κ2) is 5.28. The van der Waals surface area contributed by atoms with Crippen LogP contribution in [0, 0.1) is 5.41 Å². The number of rotatable bonds is 4. The highest BCUT2D eigenvalue weighted by Crippen LogP contribution is 2.46. The number of benzene rings is 1. The Hall–Kier alpha value is -0.830. The van der Waals surface area contributed by atoms with Crippen molar-refractivity contribution < 1.29 is 4.79 Å². The van der Waals surface area contributed by atoms with Crippen LogP contribution in [0.5, 0.6) is 0 Å². The molecule has 0 aliphatic heterocycles. The lowest BCUT2D eigenvalue weighted by molar-refractivity contribution is 0.0946. The molecule has 0 unspecified atom stereocenters. The molecule has 1 aliphatic carbocycles. The van der Waals surface area contributed by atoms with E-state index in [0.29, 0.717) is 5.41 Å². The summed E-state index contributed by atoms with van der Waals surface area (Å²) in [5, 5.41) is 4.02. The van der Waals surface area contributed by atoms with Gasteiger partial charge in [-0.3, -0.25) is 4.79 Å². The number of nitrogens with one attached hydrogen (secondary N) is 1. The minimum Gasteiger partial charge on any atom is -0.351 e. The van der Waals surface area contributed by atoms with Gasteiger partial charge in [0.25, 0.3) is 5.91 Å². The van der Waals surface area contributed by atoms with Crippen molar-refractivity contribution in [1.29, 1.82) is 0 Å². The summed E-state index contributed by atoms with van der Waals surface area (Å²) in [6.45, 7) is 7.30. The summed E-state index contributed by atoms with van der Waals surface area (Å²) in [5.41, 5.74) is 2.45. The maximum atomic E-state index is 12.1. The summed E-state index contributed by atoms with van der Waals surface area (Å²) in [7, 11) is 0. The van der Waals surface area contributed by atoms with Crippen LogP contribution in [-0.2, 0) is 5.41 Å². The topological polar surface area (TPSA) is 29.1 Å². The molecule has 19 heavy (non-hydrogen) atoms. The lowest BCUT2D eigenvalue weighted by Gasteiger charge is -2.19. The minimum absolute atomic E-state index is 0.0349. The van der Waals surface area contributed by atoms with E-state index in [4.69, 9.17) is 0 Å². The van der Waals surface area contributed by atoms with Crippen LogP contribution in [-0.4, -0.2) is 17.8 Å². The van der Waals surface area contributed by atoms with Gasteiger partial charge in [0.2, 0.25) is 0 Å². The van der Waals surface area contributed by atoms with Crippen LogP contribution in [0.3, 0.4) is 0 Å². The van der Waals surface area contributed by atoms with E-state index < -0.39 is 0 Å². The average Bonchev–Trinajstić information content (AvgIpc) is 3.16. The highest BCUT2D eigenvalue weighted by molar-refractivity contribution is 9.09. The smallest absolute Gasteiger partial charge is 0.251 e. The molecule has 2 nitrogen and oxygen atoms in total. The molecule has 1 fully saturated rings. The van der Waals surface area contributed by atoms with Crippen molar-refractivity contribution in [2.45, 2.75) is 39.0 Å². The molecule has 0 bridgehead atoms. The molecule has 0 aromatic heterocycles. The van der Waals surface area contributed by atoms with Gasteiger partial charge in [0.1, 0.15) is 0 Å². The number of carbonyl (C=O) groups excluding carboxylic acids is 1. The molecule has 1 saturated carbocycles. The molecule has 1 N–H and O–H groups in total. The Bertz CT molecular complexity index is 455. The van der Waals surface area contributed by atoms with Crippen molar-refractivity contribution in [2.75, 3.05) is 11.9 Å². The van der Waals surface area contributed by atoms with Gasteiger partial charge in [-0.1, -0.05) is 48.8 Å². The first-order valence-corrected chi connectivity index (χ1v) is 7.93. The van der Waals surface area contributed by atoms with Gasteiger partial charge in [-0.25, -0.2) is 0 Å². The standard InChI is InChI=1S/C16H22BrNO/c1-15(2,3)13-6-4-12(5-7-13)14(19)18-11-16(10-17)8-9-16/h4-7H,8-11H2,1-3H3,(H,18,19). The highest BCUT2D eigenvalue weighted by Gasteiger charge is 2.41. The lowest BCUT2D eigenvalue weighted by atomic mass is 9.87. The van der Waals surface area contributed by atoms with Gasteiger partial charge < -0.3 is 5.32 Å². The van der Waals surface area contributed by atoms with E-state index in [1.165, 1.54) is 18.4 Å². The number of hydrogen-bond acceptors (Lipinski definition) is 1. The van der Waals surface area contributed by atoms with Gasteiger partial charge in [0.05, 0.1) is 0 Å². The quantitative estimate of drug-likeness (QED) is 0.837. The summed E-state index contributed by atoms with van der Waals surface area (Å²) < 4.78 is 0. The summed E-state index contributed by atoms with van der Waals surface area (Å²) in [6.07, 6.45) is 2.42. The zero-order valence-corrected chi connectivity index (χ0v) is 13.5. The Morgan fingerprint density at radius 3 is 2.26 bits per heavy atom. The third kappa shape index (κ3) is 3.59. The van der Waals surface area contributed by atoms with Gasteiger partial charge in [-0.2, -0.15) is 0 Å². The lowest BCUT2D eigenvalue weighted by Crippen LogP contribution is -2.30. The fourth-order valence-electron chi connectivity index (χ4n) is 2.03. The van der Waals surface area contributed by atoms with Crippen molar-refractivity contribution in [3.63, 3.8) is 0 Å². The van der Waals surface area contributed by atoms with E-state index in [9.17, 15) is 4.79 Å². The Labute approximate surface area is 124 Å². The van der Waals surface area contributed by atoms with Gasteiger partial charge in [0.15, 0.2) is 0 Å². The van der Waals surface area contributed by atoms with Gasteiger partial charge in [-0.05, 0) is 41.4 Å². The molecule has 0 atom stereocenters. The predicted octanol–water partition coefficient (Wildman–Crippen LogP) is 3.89. The second-order valence-electron chi connectivity index (χ2n) is 6.64. The highest BCUT2D eigenvalue weighted by atomic mass is 79.9. The Morgan fingerprint density at radius 1 is 1.26 bits per heavy atom. The number of hydrogen-bond donors (Lipinski definition) is 1. The van der Waals surface area contributed by atoms with E-state index in [1.54, 1.807) is 0 Å². The molecule has 1 aliphatic rings. The summed E-state index contributed by atoms with van der Waals surface area (Å²) in [6, 6.07) is 7.94. The molecule has 1 aromatic rings. The number of halogens is 1. The molecule has 104 valence electrons. The number of carbonyl (C=O) groups is 1. The maximum Gasteiger partial charge on any atom is 0.251 e. The van der Waals surface area contributed by atoms with Gasteiger partial charge in [-0.15, -0.1) is 0 Å². The van der Waals surface area contributed by atoms with Gasteiger partial charge >= 0.3 is 0 Å². The molecule has 3 heteroatoms. The van der Waals surface area contributed by atoms with E-state index >= 15 is 0 Å². The first-order valence-electron chi connectivity index (χ1n) is 6.81. The molecule has 1 aromatic carbocycles. The molecule has 0 radical (unpaired) electrons. The fourth-order valence-corrected chi connectivity index (χ4v) is 2.78. The Kier molecular flexibility index (Phi) is 4.05. The Morgan fingerprint density at radius 2 is 1.84 bits per heavy atom. The third-order valence-electron chi connectivity index (χ3n) is 3.88. The van der Waals surface area contributed by atoms with E-state index in [2.05, 4.69) is 42.0 Å². The van der Waals surface area contributed by atoms with Crippen molar-refractivity contribution in [3.8, 4) is 0 Å². The van der Waals surface area contributed by atoms with Crippen molar-refractivity contribution in [2.24, 2.45) is 5.41 Å². The van der Waals surface area contributed by atoms with Crippen LogP contribution >= 0.6 is 15.9 Å². The molecule has 0 heterocycles. The van der Waals surface area contributed by atoms with Crippen LogP contribution in [0.25, 0.3) is 0 Å². The molecule has 0 spiro atoms. The number of alkyl halides is 1. The summed E-state index contributed by atoms with van der Waals surface area (Å²) in [4.78, 5) is 12.1. The third-order valence-corrected chi connectivity index (χ3v) is 5.07. The van der Waals surface area contributed by atoms with E-state index in [0.717, 1.165) is 17.4 Å². The fraction of sp³-hybridized carbons (Fsp3) is 0.562. The molecular weight excluding hydrogens is 302 g/mol. The van der Waals surface area contributed by atoms with E-state index in [1.807, 2.05) is 24.3 Å². The SMILES string of the molecule is CC(C)(C)c1ccc(C(=O)NCC2(CBr)CC2)cc1. The summed E-state index contributed by atoms with van der Waals surface area (Å²) in [5.74, 6) is 0.0349. The largest absolute Gasteiger partial charge is 0.351 e. The predicted molar refractivity (Wildman–Crippen MR) is 82.9 cm³/mol. The van der Waals surface area contributed by atoms with Crippen LogP contribution in [0.15, 0.2) is 24.3 Å². The molecular formula is C16H22BrNO. The molecule has 0 saturated heterocycles. The second-order valence-corrected chi connectivity index (χ2v) is 7.20. The van der Waals surface area contributed by atoms with Gasteiger partial charge in [0, 0.05) is 17.4 Å². The van der Waals surface area contributed by atoms with Crippen LogP contribution in [0.4, 0.5) is 0 Å². The monoisotopic (exact) mass is 323 g/mol. The minimum atomic E-state index is 0.0349. The maximum absolute atomic E-state index is 12.1. The zero-order chi connectivity index (χ0) is 14.1. The zero-order valence-electron chi connectivity index (χ0n) is 11.9. The Balaban J connectivity index is 1.96. The van der Waals surface area contributed by atoms with Crippen molar-refractivity contribution >= 4 is 21.8 Å². The van der Waals surface area contributed by atoms with Crippen molar-refractivity contribution in [3.05, 3.63) is 35.4 Å². The van der Waals surface area contributed by atoms with E-state index in [-0.39, 0.29) is 11.3 Å².